The van der Waals surface area contributed by atoms with Crippen LogP contribution in [0.2, 0.25) is 10.0 Å². The maximum Gasteiger partial charge on any atom is 0.237 e. The van der Waals surface area contributed by atoms with E-state index in [4.69, 9.17) is 28.3 Å². The smallest absolute Gasteiger partial charge is 0.237 e. The summed E-state index contributed by atoms with van der Waals surface area (Å²) < 4.78 is 0. The minimum absolute atomic E-state index is 0.123. The predicted octanol–water partition coefficient (Wildman–Crippen LogP) is 4.17. The number of nitrogens with zero attached hydrogens (tertiary/aromatic N) is 1. The number of nitrogens with one attached hydrogen (secondary N) is 2. The number of nitriles is 1. The lowest BCUT2D eigenvalue weighted by atomic mass is 9.63. The van der Waals surface area contributed by atoms with E-state index in [1.807, 2.05) is 30.3 Å². The van der Waals surface area contributed by atoms with Crippen LogP contribution in [0.4, 0.5) is 0 Å². The number of amides is 1. The van der Waals surface area contributed by atoms with Gasteiger partial charge in [-0.05, 0) is 53.6 Å². The molecule has 0 unspecified atom stereocenters. The van der Waals surface area contributed by atoms with Crippen molar-refractivity contribution < 1.29 is 15.0 Å². The van der Waals surface area contributed by atoms with Crippen LogP contribution < -0.4 is 10.6 Å². The highest BCUT2D eigenvalue weighted by molar-refractivity contribution is 6.30. The highest BCUT2D eigenvalue weighted by Gasteiger charge is 2.59. The topological polar surface area (TPSA) is 105 Å². The van der Waals surface area contributed by atoms with Gasteiger partial charge < -0.3 is 20.8 Å². The molecular weight excluding hydrogens is 485 g/mol. The maximum atomic E-state index is 13.5. The molecule has 0 saturated carbocycles. The van der Waals surface area contributed by atoms with Crippen LogP contribution in [0.5, 0.6) is 0 Å². The molecule has 8 heteroatoms. The summed E-state index contributed by atoms with van der Waals surface area (Å²) in [5.74, 6) is -0.812. The molecular formula is C27H33Cl2N3O3. The quantitative estimate of drug-likeness (QED) is 0.420. The Hall–Kier alpha value is -2.14. The summed E-state index contributed by atoms with van der Waals surface area (Å²) in [6.07, 6.45) is -0.0350. The number of hydrogen-bond donors (Lipinski definition) is 4. The van der Waals surface area contributed by atoms with Gasteiger partial charge in [-0.15, -0.1) is 0 Å². The van der Waals surface area contributed by atoms with E-state index in [0.717, 1.165) is 11.1 Å². The zero-order valence-electron chi connectivity index (χ0n) is 20.3. The van der Waals surface area contributed by atoms with Crippen molar-refractivity contribution in [2.45, 2.75) is 63.1 Å². The molecule has 1 fully saturated rings. The molecule has 0 aliphatic carbocycles. The number of hydrogen-bond acceptors (Lipinski definition) is 5. The first-order valence-corrected chi connectivity index (χ1v) is 12.5. The molecule has 0 bridgehead atoms. The molecule has 1 aliphatic heterocycles. The van der Waals surface area contributed by atoms with Gasteiger partial charge in [-0.3, -0.25) is 4.79 Å². The fraction of sp³-hybridized carbons (Fsp3) is 0.481. The Bertz CT molecular complexity index is 1060. The third-order valence-corrected chi connectivity index (χ3v) is 7.04. The van der Waals surface area contributed by atoms with Crippen molar-refractivity contribution in [2.75, 3.05) is 13.2 Å². The Morgan fingerprint density at radius 3 is 2.46 bits per heavy atom. The van der Waals surface area contributed by atoms with Gasteiger partial charge in [0.25, 0.3) is 0 Å². The van der Waals surface area contributed by atoms with E-state index in [2.05, 4.69) is 37.5 Å². The Morgan fingerprint density at radius 1 is 1.20 bits per heavy atom. The summed E-state index contributed by atoms with van der Waals surface area (Å²) in [7, 11) is 0. The van der Waals surface area contributed by atoms with Crippen LogP contribution in [-0.2, 0) is 10.2 Å². The molecule has 35 heavy (non-hydrogen) atoms. The van der Waals surface area contributed by atoms with E-state index >= 15 is 0 Å². The first-order chi connectivity index (χ1) is 16.5. The molecule has 5 atom stereocenters. The standard InChI is InChI=1S/C27H33Cl2N3O3/c1-26(2,3)14-22-27(16-30,18-7-9-19(28)10-8-18)23(17-5-4-6-20(29)13-17)24(32-22)25(35)31-12-11-21(34)15-33/h4-10,13,21-24,32-34H,11-12,14-15H2,1-3H3,(H,31,35)/t21-,22+,23+,24-,27+/m0/s1. The molecule has 3 rings (SSSR count). The number of aliphatic hydroxyl groups is 2. The Labute approximate surface area is 217 Å². The van der Waals surface area contributed by atoms with Crippen LogP contribution in [0.1, 0.15) is 50.7 Å². The minimum atomic E-state index is -1.07. The first-order valence-electron chi connectivity index (χ1n) is 11.8. The summed E-state index contributed by atoms with van der Waals surface area (Å²) in [4.78, 5) is 13.5. The van der Waals surface area contributed by atoms with Crippen molar-refractivity contribution in [3.63, 3.8) is 0 Å². The number of aliphatic hydroxyl groups excluding tert-OH is 2. The Morgan fingerprint density at radius 2 is 1.89 bits per heavy atom. The van der Waals surface area contributed by atoms with Gasteiger partial charge in [0, 0.05) is 28.5 Å². The first kappa shape index (κ1) is 27.4. The zero-order valence-corrected chi connectivity index (χ0v) is 21.8. The summed E-state index contributed by atoms with van der Waals surface area (Å²) in [6, 6.07) is 16.1. The zero-order chi connectivity index (χ0) is 25.8. The normalized spacial score (nSPS) is 25.1. The summed E-state index contributed by atoms with van der Waals surface area (Å²) in [5.41, 5.74) is 0.368. The van der Waals surface area contributed by atoms with Crippen molar-refractivity contribution in [3.05, 3.63) is 69.7 Å². The van der Waals surface area contributed by atoms with E-state index in [9.17, 15) is 15.2 Å². The number of benzene rings is 2. The fourth-order valence-corrected chi connectivity index (χ4v) is 5.35. The fourth-order valence-electron chi connectivity index (χ4n) is 5.02. The van der Waals surface area contributed by atoms with Gasteiger partial charge in [0.2, 0.25) is 5.91 Å². The van der Waals surface area contributed by atoms with E-state index in [0.29, 0.717) is 16.5 Å². The molecule has 0 radical (unpaired) electrons. The van der Waals surface area contributed by atoms with Gasteiger partial charge in [0.1, 0.15) is 5.41 Å². The van der Waals surface area contributed by atoms with Crippen LogP contribution in [0.3, 0.4) is 0 Å². The second kappa shape index (κ2) is 11.3. The lowest BCUT2D eigenvalue weighted by molar-refractivity contribution is -0.123. The van der Waals surface area contributed by atoms with Crippen molar-refractivity contribution in [1.29, 1.82) is 5.26 Å². The van der Waals surface area contributed by atoms with Crippen molar-refractivity contribution in [2.24, 2.45) is 5.41 Å². The molecule has 1 heterocycles. The highest BCUT2D eigenvalue weighted by atomic mass is 35.5. The van der Waals surface area contributed by atoms with Gasteiger partial charge in [-0.2, -0.15) is 5.26 Å². The van der Waals surface area contributed by atoms with Gasteiger partial charge in [-0.25, -0.2) is 0 Å². The van der Waals surface area contributed by atoms with Crippen LogP contribution in [0.25, 0.3) is 0 Å². The number of rotatable bonds is 8. The van der Waals surface area contributed by atoms with Gasteiger partial charge in [-0.1, -0.05) is 68.2 Å². The average molecular weight is 518 g/mol. The molecule has 0 spiro atoms. The number of halogens is 2. The summed E-state index contributed by atoms with van der Waals surface area (Å²) in [6.45, 7) is 6.15. The second-order valence-electron chi connectivity index (χ2n) is 10.4. The number of carbonyl (C=O) groups excluding carboxylic acids is 1. The van der Waals surface area contributed by atoms with Gasteiger partial charge in [0.15, 0.2) is 0 Å². The van der Waals surface area contributed by atoms with Crippen LogP contribution in [-0.4, -0.2) is 47.5 Å². The van der Waals surface area contributed by atoms with Crippen molar-refractivity contribution in [3.8, 4) is 6.07 Å². The Kier molecular flexibility index (Phi) is 8.85. The molecule has 6 nitrogen and oxygen atoms in total. The molecule has 1 aliphatic rings. The van der Waals surface area contributed by atoms with Crippen molar-refractivity contribution in [1.82, 2.24) is 10.6 Å². The lowest BCUT2D eigenvalue weighted by Crippen LogP contribution is -2.46. The van der Waals surface area contributed by atoms with E-state index in [1.165, 1.54) is 0 Å². The van der Waals surface area contributed by atoms with Gasteiger partial charge in [0.05, 0.1) is 24.8 Å². The largest absolute Gasteiger partial charge is 0.394 e. The highest BCUT2D eigenvalue weighted by Crippen LogP contribution is 2.51. The molecule has 4 N–H and O–H groups in total. The molecule has 0 aromatic heterocycles. The van der Waals surface area contributed by atoms with E-state index in [-0.39, 0.29) is 36.9 Å². The SMILES string of the molecule is CC(C)(C)C[C@H]1N[C@H](C(=O)NCC[C@H](O)CO)[C@@H](c2cccc(Cl)c2)[C@]1(C#N)c1ccc(Cl)cc1. The predicted molar refractivity (Wildman–Crippen MR) is 138 cm³/mol. The molecule has 2 aromatic rings. The Balaban J connectivity index is 2.14. The summed E-state index contributed by atoms with van der Waals surface area (Å²) in [5, 5.41) is 37.1. The maximum absolute atomic E-state index is 13.5. The molecule has 1 amide bonds. The summed E-state index contributed by atoms with van der Waals surface area (Å²) >= 11 is 12.5. The second-order valence-corrected chi connectivity index (χ2v) is 11.3. The van der Waals surface area contributed by atoms with E-state index < -0.39 is 23.5 Å². The molecule has 188 valence electrons. The molecule has 2 aromatic carbocycles. The lowest BCUT2D eigenvalue weighted by Gasteiger charge is -2.37. The minimum Gasteiger partial charge on any atom is -0.394 e. The number of carbonyl (C=O) groups is 1. The third-order valence-electron chi connectivity index (χ3n) is 6.56. The van der Waals surface area contributed by atoms with Crippen LogP contribution >= 0.6 is 23.2 Å². The van der Waals surface area contributed by atoms with E-state index in [1.54, 1.807) is 18.2 Å². The average Bonchev–Trinajstić information content (AvgIpc) is 3.12. The molecule has 1 saturated heterocycles. The monoisotopic (exact) mass is 517 g/mol. The van der Waals surface area contributed by atoms with Crippen LogP contribution in [0, 0.1) is 16.7 Å². The van der Waals surface area contributed by atoms with Crippen molar-refractivity contribution >= 4 is 29.1 Å². The third kappa shape index (κ3) is 6.17. The van der Waals surface area contributed by atoms with Gasteiger partial charge >= 0.3 is 0 Å². The van der Waals surface area contributed by atoms with Crippen LogP contribution in [0.15, 0.2) is 48.5 Å².